The van der Waals surface area contributed by atoms with Crippen molar-refractivity contribution in [2.24, 2.45) is 0 Å². The number of nitrogens with one attached hydrogen (secondary N) is 1. The summed E-state index contributed by atoms with van der Waals surface area (Å²) < 4.78 is 5.25. The number of ether oxygens (including phenoxy) is 1. The van der Waals surface area contributed by atoms with E-state index in [0.29, 0.717) is 43.2 Å². The molecule has 0 unspecified atom stereocenters. The van der Waals surface area contributed by atoms with Crippen molar-refractivity contribution in [2.75, 3.05) is 38.6 Å². The van der Waals surface area contributed by atoms with Crippen molar-refractivity contribution < 1.29 is 19.1 Å². The van der Waals surface area contributed by atoms with Crippen LogP contribution in [-0.2, 0) is 9.59 Å². The van der Waals surface area contributed by atoms with Gasteiger partial charge >= 0.3 is 0 Å². The summed E-state index contributed by atoms with van der Waals surface area (Å²) in [6.45, 7) is 4.94. The first-order chi connectivity index (χ1) is 10.9. The number of rotatable bonds is 3. The average Bonchev–Trinajstić information content (AvgIpc) is 2.53. The lowest BCUT2D eigenvalue weighted by Crippen LogP contribution is -2.50. The summed E-state index contributed by atoms with van der Waals surface area (Å²) in [6.07, 6.45) is 0. The highest BCUT2D eigenvalue weighted by Crippen LogP contribution is 2.24. The molecule has 23 heavy (non-hydrogen) atoms. The van der Waals surface area contributed by atoms with Crippen LogP contribution in [0.4, 0.5) is 5.69 Å². The molecule has 0 bridgehead atoms. The van der Waals surface area contributed by atoms with Gasteiger partial charge in [-0.2, -0.15) is 0 Å². The number of benzene rings is 1. The lowest BCUT2D eigenvalue weighted by Gasteiger charge is -2.34. The lowest BCUT2D eigenvalue weighted by atomic mass is 10.1. The van der Waals surface area contributed by atoms with E-state index in [1.54, 1.807) is 28.0 Å². The van der Waals surface area contributed by atoms with Crippen LogP contribution >= 0.6 is 0 Å². The van der Waals surface area contributed by atoms with Gasteiger partial charge in [0, 0.05) is 45.7 Å². The Labute approximate surface area is 135 Å². The van der Waals surface area contributed by atoms with Crippen LogP contribution in [0.1, 0.15) is 24.2 Å². The van der Waals surface area contributed by atoms with Crippen LogP contribution in [0, 0.1) is 0 Å². The first-order valence-electron chi connectivity index (χ1n) is 7.42. The maximum Gasteiger partial charge on any atom is 0.257 e. The summed E-state index contributed by atoms with van der Waals surface area (Å²) in [5.41, 5.74) is 0.944. The molecule has 1 fully saturated rings. The molecule has 1 aliphatic rings. The monoisotopic (exact) mass is 319 g/mol. The molecule has 1 aromatic carbocycles. The van der Waals surface area contributed by atoms with Crippen LogP contribution in [0.3, 0.4) is 0 Å². The zero-order chi connectivity index (χ0) is 17.0. The molecule has 1 saturated heterocycles. The van der Waals surface area contributed by atoms with Gasteiger partial charge in [0.1, 0.15) is 5.75 Å². The minimum absolute atomic E-state index is 0.0161. The molecule has 7 heteroatoms. The van der Waals surface area contributed by atoms with Crippen LogP contribution in [0.15, 0.2) is 18.2 Å². The van der Waals surface area contributed by atoms with Gasteiger partial charge in [0.2, 0.25) is 11.8 Å². The van der Waals surface area contributed by atoms with Gasteiger partial charge in [0.15, 0.2) is 0 Å². The van der Waals surface area contributed by atoms with E-state index in [-0.39, 0.29) is 17.7 Å². The highest BCUT2D eigenvalue weighted by molar-refractivity contribution is 5.99. The number of carbonyl (C=O) groups excluding carboxylic acids is 3. The molecule has 1 heterocycles. The largest absolute Gasteiger partial charge is 0.496 e. The van der Waals surface area contributed by atoms with Crippen LogP contribution in [0.5, 0.6) is 5.75 Å². The highest BCUT2D eigenvalue weighted by Gasteiger charge is 2.25. The minimum Gasteiger partial charge on any atom is -0.496 e. The Morgan fingerprint density at radius 3 is 2.17 bits per heavy atom. The molecule has 0 saturated carbocycles. The normalized spacial score (nSPS) is 14.4. The van der Waals surface area contributed by atoms with Crippen molar-refractivity contribution in [3.8, 4) is 5.75 Å². The fourth-order valence-electron chi connectivity index (χ4n) is 2.55. The fraction of sp³-hybridized carbons (Fsp3) is 0.438. The van der Waals surface area contributed by atoms with Crippen molar-refractivity contribution in [1.29, 1.82) is 0 Å². The van der Waals surface area contributed by atoms with Gasteiger partial charge in [-0.05, 0) is 18.2 Å². The molecular weight excluding hydrogens is 298 g/mol. The predicted octanol–water partition coefficient (Wildman–Crippen LogP) is 0.958. The Morgan fingerprint density at radius 1 is 1.04 bits per heavy atom. The van der Waals surface area contributed by atoms with E-state index in [2.05, 4.69) is 5.32 Å². The molecular formula is C16H21N3O4. The van der Waals surface area contributed by atoms with E-state index in [1.165, 1.54) is 21.0 Å². The van der Waals surface area contributed by atoms with E-state index in [0.717, 1.165) is 0 Å². The molecule has 7 nitrogen and oxygen atoms in total. The summed E-state index contributed by atoms with van der Waals surface area (Å²) in [7, 11) is 1.50. The predicted molar refractivity (Wildman–Crippen MR) is 85.5 cm³/mol. The molecule has 1 N–H and O–H groups in total. The highest BCUT2D eigenvalue weighted by atomic mass is 16.5. The number of hydrogen-bond acceptors (Lipinski definition) is 4. The third kappa shape index (κ3) is 4.00. The molecule has 3 amide bonds. The van der Waals surface area contributed by atoms with Gasteiger partial charge < -0.3 is 19.9 Å². The average molecular weight is 319 g/mol. The van der Waals surface area contributed by atoms with Crippen molar-refractivity contribution in [3.63, 3.8) is 0 Å². The molecule has 1 aliphatic heterocycles. The number of methoxy groups -OCH3 is 1. The molecule has 2 rings (SSSR count). The number of piperazine rings is 1. The zero-order valence-electron chi connectivity index (χ0n) is 13.6. The third-order valence-electron chi connectivity index (χ3n) is 3.76. The molecule has 0 radical (unpaired) electrons. The first-order valence-corrected chi connectivity index (χ1v) is 7.42. The van der Waals surface area contributed by atoms with Crippen molar-refractivity contribution >= 4 is 23.4 Å². The van der Waals surface area contributed by atoms with Crippen LogP contribution in [0.25, 0.3) is 0 Å². The smallest absolute Gasteiger partial charge is 0.257 e. The third-order valence-corrected chi connectivity index (χ3v) is 3.76. The SMILES string of the molecule is COc1ccc(NC(C)=O)cc1C(=O)N1CCN(C(C)=O)CC1. The number of carbonyl (C=O) groups is 3. The molecule has 0 atom stereocenters. The molecule has 124 valence electrons. The van der Waals surface area contributed by atoms with Gasteiger partial charge in [-0.1, -0.05) is 0 Å². The second-order valence-corrected chi connectivity index (χ2v) is 5.39. The second-order valence-electron chi connectivity index (χ2n) is 5.39. The Morgan fingerprint density at radius 2 is 1.65 bits per heavy atom. The van der Waals surface area contributed by atoms with Crippen LogP contribution in [-0.4, -0.2) is 60.8 Å². The van der Waals surface area contributed by atoms with Gasteiger partial charge in [-0.3, -0.25) is 14.4 Å². The number of nitrogens with zero attached hydrogens (tertiary/aromatic N) is 2. The number of anilines is 1. The minimum atomic E-state index is -0.205. The lowest BCUT2D eigenvalue weighted by molar-refractivity contribution is -0.130. The maximum absolute atomic E-state index is 12.7. The van der Waals surface area contributed by atoms with E-state index in [9.17, 15) is 14.4 Å². The summed E-state index contributed by atoms with van der Waals surface area (Å²) in [4.78, 5) is 38.7. The summed E-state index contributed by atoms with van der Waals surface area (Å²) in [5.74, 6) is 0.0985. The van der Waals surface area contributed by atoms with Gasteiger partial charge in [-0.15, -0.1) is 0 Å². The topological polar surface area (TPSA) is 79.0 Å². The molecule has 0 aromatic heterocycles. The van der Waals surface area contributed by atoms with Crippen molar-refractivity contribution in [2.45, 2.75) is 13.8 Å². The Hall–Kier alpha value is -2.57. The first kappa shape index (κ1) is 16.8. The second kappa shape index (κ2) is 7.13. The van der Waals surface area contributed by atoms with Crippen LogP contribution < -0.4 is 10.1 Å². The van der Waals surface area contributed by atoms with Crippen molar-refractivity contribution in [3.05, 3.63) is 23.8 Å². The van der Waals surface area contributed by atoms with E-state index < -0.39 is 0 Å². The Kier molecular flexibility index (Phi) is 5.20. The summed E-state index contributed by atoms with van der Waals surface area (Å²) in [6, 6.07) is 4.95. The molecule has 0 spiro atoms. The fourth-order valence-corrected chi connectivity index (χ4v) is 2.55. The molecule has 1 aromatic rings. The maximum atomic E-state index is 12.7. The van der Waals surface area contributed by atoms with Crippen molar-refractivity contribution in [1.82, 2.24) is 9.80 Å². The molecule has 0 aliphatic carbocycles. The van der Waals surface area contributed by atoms with E-state index in [4.69, 9.17) is 4.74 Å². The zero-order valence-corrected chi connectivity index (χ0v) is 13.6. The Bertz CT molecular complexity index is 622. The standard InChI is InChI=1S/C16H21N3O4/c1-11(20)17-13-4-5-15(23-3)14(10-13)16(22)19-8-6-18(7-9-19)12(2)21/h4-5,10H,6-9H2,1-3H3,(H,17,20). The van der Waals surface area contributed by atoms with Gasteiger partial charge in [0.05, 0.1) is 12.7 Å². The van der Waals surface area contributed by atoms with E-state index >= 15 is 0 Å². The Balaban J connectivity index is 2.17. The summed E-state index contributed by atoms with van der Waals surface area (Å²) >= 11 is 0. The van der Waals surface area contributed by atoms with Gasteiger partial charge in [0.25, 0.3) is 5.91 Å². The number of hydrogen-bond donors (Lipinski definition) is 1. The van der Waals surface area contributed by atoms with Crippen LogP contribution in [0.2, 0.25) is 0 Å². The van der Waals surface area contributed by atoms with E-state index in [1.807, 2.05) is 0 Å². The van der Waals surface area contributed by atoms with Gasteiger partial charge in [-0.25, -0.2) is 0 Å². The quantitative estimate of drug-likeness (QED) is 0.900. The summed E-state index contributed by atoms with van der Waals surface area (Å²) in [5, 5.41) is 2.66. The number of amides is 3.